The molecule has 2 nitrogen and oxygen atoms in total. The molecule has 1 N–H and O–H groups in total. The monoisotopic (exact) mass is 240 g/mol. The van der Waals surface area contributed by atoms with Crippen LogP contribution in [0.3, 0.4) is 0 Å². The lowest BCUT2D eigenvalue weighted by Gasteiger charge is -2.23. The van der Waals surface area contributed by atoms with Crippen LogP contribution in [0.15, 0.2) is 30.3 Å². The summed E-state index contributed by atoms with van der Waals surface area (Å²) in [5.41, 5.74) is 1.29. The molecule has 1 aliphatic carbocycles. The second-order valence-electron chi connectivity index (χ2n) is 6.27. The number of hydrogen-bond donors (Lipinski definition) is 1. The number of nitrogens with zero attached hydrogens (tertiary/aromatic N) is 1. The van der Waals surface area contributed by atoms with Crippen LogP contribution in [-0.4, -0.2) is 10.5 Å². The molecule has 0 spiro atoms. The van der Waals surface area contributed by atoms with Gasteiger partial charge in [-0.1, -0.05) is 24.3 Å². The van der Waals surface area contributed by atoms with Gasteiger partial charge in [-0.25, -0.2) is 4.98 Å². The van der Waals surface area contributed by atoms with E-state index in [0.717, 1.165) is 5.82 Å². The maximum atomic E-state index is 4.84. The third-order valence-electron chi connectivity index (χ3n) is 3.25. The summed E-state index contributed by atoms with van der Waals surface area (Å²) in [6, 6.07) is 10.7. The molecule has 0 unspecified atom stereocenters. The molecular weight excluding hydrogens is 220 g/mol. The number of fused-ring (bicyclic) bond motifs is 1. The van der Waals surface area contributed by atoms with Crippen molar-refractivity contribution < 1.29 is 0 Å². The Balaban J connectivity index is 2.13. The van der Waals surface area contributed by atoms with Crippen LogP contribution in [0.5, 0.6) is 0 Å². The predicted octanol–water partition coefficient (Wildman–Crippen LogP) is 4.32. The van der Waals surface area contributed by atoms with Gasteiger partial charge < -0.3 is 5.32 Å². The van der Waals surface area contributed by atoms with Gasteiger partial charge in [0.1, 0.15) is 5.82 Å². The van der Waals surface area contributed by atoms with E-state index in [1.54, 1.807) is 0 Å². The summed E-state index contributed by atoms with van der Waals surface area (Å²) < 4.78 is 0. The van der Waals surface area contributed by atoms with E-state index in [1.807, 2.05) is 0 Å². The van der Waals surface area contributed by atoms with Crippen molar-refractivity contribution in [2.45, 2.75) is 45.1 Å². The lowest BCUT2D eigenvalue weighted by atomic mass is 10.1. The number of hydrogen-bond acceptors (Lipinski definition) is 2. The third kappa shape index (κ3) is 2.33. The first kappa shape index (κ1) is 11.5. The zero-order valence-electron chi connectivity index (χ0n) is 11.3. The highest BCUT2D eigenvalue weighted by molar-refractivity contribution is 5.92. The van der Waals surface area contributed by atoms with Crippen molar-refractivity contribution in [3.63, 3.8) is 0 Å². The average molecular weight is 240 g/mol. The number of aromatic nitrogens is 1. The van der Waals surface area contributed by atoms with E-state index >= 15 is 0 Å². The van der Waals surface area contributed by atoms with Crippen LogP contribution >= 0.6 is 0 Å². The van der Waals surface area contributed by atoms with E-state index in [9.17, 15) is 0 Å². The lowest BCUT2D eigenvalue weighted by molar-refractivity contribution is 0.631. The van der Waals surface area contributed by atoms with E-state index in [-0.39, 0.29) is 5.54 Å². The summed E-state index contributed by atoms with van der Waals surface area (Å²) in [6.07, 6.45) is 2.58. The minimum Gasteiger partial charge on any atom is -0.365 e. The summed E-state index contributed by atoms with van der Waals surface area (Å²) in [4.78, 5) is 4.84. The van der Waals surface area contributed by atoms with E-state index < -0.39 is 0 Å². The fraction of sp³-hybridized carbons (Fsp3) is 0.438. The third-order valence-corrected chi connectivity index (χ3v) is 3.25. The zero-order valence-corrected chi connectivity index (χ0v) is 11.3. The molecular formula is C16H20N2. The molecule has 1 aromatic carbocycles. The lowest BCUT2D eigenvalue weighted by Crippen LogP contribution is -2.27. The maximum Gasteiger partial charge on any atom is 0.134 e. The van der Waals surface area contributed by atoms with Crippen LogP contribution < -0.4 is 5.32 Å². The Hall–Kier alpha value is -1.57. The van der Waals surface area contributed by atoms with Gasteiger partial charge in [0.15, 0.2) is 0 Å². The van der Waals surface area contributed by atoms with E-state index in [0.29, 0.717) is 5.92 Å². The Labute approximate surface area is 108 Å². The highest BCUT2D eigenvalue weighted by Crippen LogP contribution is 2.41. The van der Waals surface area contributed by atoms with E-state index in [2.05, 4.69) is 56.4 Å². The summed E-state index contributed by atoms with van der Waals surface area (Å²) in [5.74, 6) is 1.72. The summed E-state index contributed by atoms with van der Waals surface area (Å²) in [7, 11) is 0. The molecule has 3 rings (SSSR count). The molecule has 0 atom stereocenters. The van der Waals surface area contributed by atoms with Gasteiger partial charge in [0, 0.05) is 22.5 Å². The Morgan fingerprint density at radius 1 is 1.17 bits per heavy atom. The van der Waals surface area contributed by atoms with Crippen LogP contribution in [-0.2, 0) is 0 Å². The normalized spacial score (nSPS) is 15.9. The molecule has 1 heterocycles. The van der Waals surface area contributed by atoms with Crippen molar-refractivity contribution in [3.05, 3.63) is 36.0 Å². The molecule has 0 bridgehead atoms. The molecule has 1 fully saturated rings. The smallest absolute Gasteiger partial charge is 0.134 e. The summed E-state index contributed by atoms with van der Waals surface area (Å²) >= 11 is 0. The quantitative estimate of drug-likeness (QED) is 0.845. The second-order valence-corrected chi connectivity index (χ2v) is 6.27. The minimum atomic E-state index is 0.0396. The van der Waals surface area contributed by atoms with Crippen LogP contribution in [0, 0.1) is 0 Å². The number of anilines is 1. The van der Waals surface area contributed by atoms with Crippen molar-refractivity contribution in [3.8, 4) is 0 Å². The largest absolute Gasteiger partial charge is 0.365 e. The fourth-order valence-electron chi connectivity index (χ4n) is 2.26. The molecule has 2 heteroatoms. The van der Waals surface area contributed by atoms with Crippen molar-refractivity contribution in [1.29, 1.82) is 0 Å². The Morgan fingerprint density at radius 2 is 1.89 bits per heavy atom. The first-order valence-corrected chi connectivity index (χ1v) is 6.71. The highest BCUT2D eigenvalue weighted by Gasteiger charge is 2.26. The van der Waals surface area contributed by atoms with Gasteiger partial charge in [-0.3, -0.25) is 0 Å². The van der Waals surface area contributed by atoms with Gasteiger partial charge in [0.05, 0.1) is 0 Å². The molecule has 0 amide bonds. The van der Waals surface area contributed by atoms with Gasteiger partial charge >= 0.3 is 0 Å². The minimum absolute atomic E-state index is 0.0396. The summed E-state index contributed by atoms with van der Waals surface area (Å²) in [6.45, 7) is 6.52. The molecule has 1 aliphatic rings. The molecule has 0 saturated heterocycles. The number of benzene rings is 1. The number of nitrogens with one attached hydrogen (secondary N) is 1. The summed E-state index contributed by atoms with van der Waals surface area (Å²) in [5, 5.41) is 6.05. The topological polar surface area (TPSA) is 24.9 Å². The molecule has 18 heavy (non-hydrogen) atoms. The Bertz CT molecular complexity index is 577. The Kier molecular flexibility index (Phi) is 2.54. The second kappa shape index (κ2) is 3.98. The van der Waals surface area contributed by atoms with Crippen molar-refractivity contribution in [2.75, 3.05) is 5.32 Å². The van der Waals surface area contributed by atoms with Crippen molar-refractivity contribution in [2.24, 2.45) is 0 Å². The van der Waals surface area contributed by atoms with Gasteiger partial charge in [-0.2, -0.15) is 0 Å². The van der Waals surface area contributed by atoms with Crippen LogP contribution in [0.2, 0.25) is 0 Å². The first-order chi connectivity index (χ1) is 8.53. The maximum absolute atomic E-state index is 4.84. The number of rotatable bonds is 2. The highest BCUT2D eigenvalue weighted by atomic mass is 15.0. The first-order valence-electron chi connectivity index (χ1n) is 6.71. The predicted molar refractivity (Wildman–Crippen MR) is 77.1 cm³/mol. The van der Waals surface area contributed by atoms with Gasteiger partial charge in [0.25, 0.3) is 0 Å². The van der Waals surface area contributed by atoms with Gasteiger partial charge in [-0.15, -0.1) is 0 Å². The van der Waals surface area contributed by atoms with Crippen LogP contribution in [0.25, 0.3) is 10.8 Å². The SMILES string of the molecule is CC(C)(C)Nc1nc(C2CC2)cc2ccccc12. The Morgan fingerprint density at radius 3 is 2.56 bits per heavy atom. The van der Waals surface area contributed by atoms with E-state index in [4.69, 9.17) is 4.98 Å². The van der Waals surface area contributed by atoms with Crippen molar-refractivity contribution in [1.82, 2.24) is 4.98 Å². The fourth-order valence-corrected chi connectivity index (χ4v) is 2.26. The van der Waals surface area contributed by atoms with Crippen LogP contribution in [0.1, 0.15) is 45.2 Å². The molecule has 2 aromatic rings. The molecule has 1 saturated carbocycles. The zero-order chi connectivity index (χ0) is 12.8. The number of pyridine rings is 1. The van der Waals surface area contributed by atoms with Gasteiger partial charge in [-0.05, 0) is 45.1 Å². The van der Waals surface area contributed by atoms with Gasteiger partial charge in [0.2, 0.25) is 0 Å². The van der Waals surface area contributed by atoms with Crippen molar-refractivity contribution >= 4 is 16.6 Å². The average Bonchev–Trinajstić information content (AvgIpc) is 3.10. The standard InChI is InChI=1S/C16H20N2/c1-16(2,3)18-15-13-7-5-4-6-12(13)10-14(17-15)11-8-9-11/h4-7,10-11H,8-9H2,1-3H3,(H,17,18). The van der Waals surface area contributed by atoms with E-state index in [1.165, 1.54) is 29.3 Å². The molecule has 1 aromatic heterocycles. The molecule has 0 radical (unpaired) electrons. The molecule has 94 valence electrons. The van der Waals surface area contributed by atoms with Crippen LogP contribution in [0.4, 0.5) is 5.82 Å². The molecule has 0 aliphatic heterocycles.